The Hall–Kier alpha value is -3.61. The summed E-state index contributed by atoms with van der Waals surface area (Å²) in [6.07, 6.45) is 1.60. The van der Waals surface area contributed by atoms with Gasteiger partial charge in [-0.2, -0.15) is 15.3 Å². The lowest BCUT2D eigenvalue weighted by atomic mass is 10.0. The van der Waals surface area contributed by atoms with Crippen LogP contribution in [0.15, 0.2) is 42.6 Å². The molecular weight excluding hydrogens is 380 g/mol. The number of aromatic amines is 1. The summed E-state index contributed by atoms with van der Waals surface area (Å²) in [5, 5.41) is 16.7. The summed E-state index contributed by atoms with van der Waals surface area (Å²) in [7, 11) is 3.26. The van der Waals surface area contributed by atoms with Crippen LogP contribution in [0.5, 0.6) is 17.2 Å². The molecule has 1 atom stereocenters. The molecule has 0 fully saturated rings. The molecule has 2 heterocycles. The van der Waals surface area contributed by atoms with Crippen molar-refractivity contribution in [3.05, 3.63) is 59.4 Å². The van der Waals surface area contributed by atoms with Crippen LogP contribution in [0.25, 0.3) is 22.2 Å². The van der Waals surface area contributed by atoms with E-state index in [-0.39, 0.29) is 6.10 Å². The molecule has 7 nitrogen and oxygen atoms in total. The van der Waals surface area contributed by atoms with Gasteiger partial charge in [0.1, 0.15) is 29.0 Å². The molecule has 0 amide bonds. The van der Waals surface area contributed by atoms with Crippen LogP contribution in [-0.4, -0.2) is 34.6 Å². The van der Waals surface area contributed by atoms with Crippen LogP contribution in [0.1, 0.15) is 29.8 Å². The minimum atomic E-state index is -0.162. The lowest BCUT2D eigenvalue weighted by molar-refractivity contribution is 0.225. The van der Waals surface area contributed by atoms with Crippen molar-refractivity contribution >= 4 is 10.9 Å². The van der Waals surface area contributed by atoms with Gasteiger partial charge in [-0.25, -0.2) is 0 Å². The molecule has 0 aliphatic rings. The average molecular weight is 404 g/mol. The monoisotopic (exact) mass is 404 g/mol. The maximum atomic E-state index is 6.26. The number of benzene rings is 2. The first-order valence-electron chi connectivity index (χ1n) is 9.67. The van der Waals surface area contributed by atoms with Gasteiger partial charge < -0.3 is 14.2 Å². The fraction of sp³-hybridized carbons (Fsp3) is 0.261. The Bertz CT molecular complexity index is 1160. The molecule has 1 N–H and O–H groups in total. The van der Waals surface area contributed by atoms with Crippen LogP contribution in [0.2, 0.25) is 0 Å². The van der Waals surface area contributed by atoms with E-state index in [9.17, 15) is 0 Å². The first kappa shape index (κ1) is 19.7. The molecule has 0 aliphatic heterocycles. The fourth-order valence-electron chi connectivity index (χ4n) is 3.72. The summed E-state index contributed by atoms with van der Waals surface area (Å²) in [6, 6.07) is 11.6. The van der Waals surface area contributed by atoms with Gasteiger partial charge in [0.05, 0.1) is 31.6 Å². The van der Waals surface area contributed by atoms with Gasteiger partial charge in [0.15, 0.2) is 0 Å². The van der Waals surface area contributed by atoms with Gasteiger partial charge in [0.2, 0.25) is 0 Å². The van der Waals surface area contributed by atoms with Crippen LogP contribution < -0.4 is 14.2 Å². The highest BCUT2D eigenvalue weighted by Crippen LogP contribution is 2.35. The van der Waals surface area contributed by atoms with Gasteiger partial charge >= 0.3 is 0 Å². The zero-order chi connectivity index (χ0) is 21.3. The topological polar surface area (TPSA) is 82.2 Å². The van der Waals surface area contributed by atoms with Crippen molar-refractivity contribution < 1.29 is 14.2 Å². The normalized spacial score (nSPS) is 12.0. The molecule has 0 radical (unpaired) electrons. The van der Waals surface area contributed by atoms with Gasteiger partial charge in [-0.05, 0) is 56.7 Å². The van der Waals surface area contributed by atoms with Gasteiger partial charge in [-0.15, -0.1) is 0 Å². The Morgan fingerprint density at radius 2 is 1.67 bits per heavy atom. The number of rotatable bonds is 6. The molecular formula is C23H24N4O3. The third-order valence-electron chi connectivity index (χ3n) is 5.15. The van der Waals surface area contributed by atoms with E-state index in [0.29, 0.717) is 11.5 Å². The second kappa shape index (κ2) is 8.02. The van der Waals surface area contributed by atoms with E-state index in [0.717, 1.165) is 44.7 Å². The van der Waals surface area contributed by atoms with Crippen LogP contribution >= 0.6 is 0 Å². The number of nitrogens with one attached hydrogen (secondary N) is 1. The third kappa shape index (κ3) is 3.66. The summed E-state index contributed by atoms with van der Waals surface area (Å²) in [6.45, 7) is 5.98. The summed E-state index contributed by atoms with van der Waals surface area (Å²) in [5.41, 5.74) is 5.60. The second-order valence-electron chi connectivity index (χ2n) is 7.17. The van der Waals surface area contributed by atoms with Crippen LogP contribution in [0, 0.1) is 13.8 Å². The van der Waals surface area contributed by atoms with Crippen molar-refractivity contribution in [3.63, 3.8) is 0 Å². The van der Waals surface area contributed by atoms with Crippen LogP contribution in [-0.2, 0) is 0 Å². The van der Waals surface area contributed by atoms with E-state index in [1.54, 1.807) is 20.4 Å². The number of fused-ring (bicyclic) bond motifs is 1. The SMILES string of the molecule is COc1cc(OC)cc(-c2n[nH]c3ccc(O[C@@H](C)c4c(C)cnnc4C)cc23)c1. The van der Waals surface area contributed by atoms with E-state index in [2.05, 4.69) is 20.4 Å². The molecule has 4 aromatic rings. The lowest BCUT2D eigenvalue weighted by Gasteiger charge is -2.18. The zero-order valence-electron chi connectivity index (χ0n) is 17.7. The molecule has 0 unspecified atom stereocenters. The van der Waals surface area contributed by atoms with Crippen molar-refractivity contribution in [2.45, 2.75) is 26.9 Å². The molecule has 2 aromatic carbocycles. The summed E-state index contributed by atoms with van der Waals surface area (Å²) >= 11 is 0. The van der Waals surface area contributed by atoms with Gasteiger partial charge in [0, 0.05) is 22.6 Å². The van der Waals surface area contributed by atoms with E-state index >= 15 is 0 Å². The van der Waals surface area contributed by atoms with Crippen LogP contribution in [0.4, 0.5) is 0 Å². The molecule has 0 spiro atoms. The predicted octanol–water partition coefficient (Wildman–Crippen LogP) is 4.79. The Labute approximate surface area is 175 Å². The van der Waals surface area contributed by atoms with Crippen molar-refractivity contribution in [3.8, 4) is 28.5 Å². The molecule has 0 saturated heterocycles. The highest BCUT2D eigenvalue weighted by atomic mass is 16.5. The molecule has 2 aromatic heterocycles. The Morgan fingerprint density at radius 1 is 0.933 bits per heavy atom. The lowest BCUT2D eigenvalue weighted by Crippen LogP contribution is -2.09. The maximum Gasteiger partial charge on any atom is 0.123 e. The first-order chi connectivity index (χ1) is 14.5. The van der Waals surface area contributed by atoms with Crippen molar-refractivity contribution in [1.82, 2.24) is 20.4 Å². The molecule has 0 bridgehead atoms. The number of H-pyrrole nitrogens is 1. The summed E-state index contributed by atoms with van der Waals surface area (Å²) in [5.74, 6) is 2.17. The highest BCUT2D eigenvalue weighted by molar-refractivity contribution is 5.94. The number of methoxy groups -OCH3 is 2. The highest BCUT2D eigenvalue weighted by Gasteiger charge is 2.16. The smallest absolute Gasteiger partial charge is 0.123 e. The third-order valence-corrected chi connectivity index (χ3v) is 5.15. The van der Waals surface area contributed by atoms with Crippen molar-refractivity contribution in [2.75, 3.05) is 14.2 Å². The molecule has 30 heavy (non-hydrogen) atoms. The van der Waals surface area contributed by atoms with E-state index < -0.39 is 0 Å². The molecule has 4 rings (SSSR count). The number of nitrogens with zero attached hydrogens (tertiary/aromatic N) is 3. The predicted molar refractivity (Wildman–Crippen MR) is 115 cm³/mol. The molecule has 7 heteroatoms. The first-order valence-corrected chi connectivity index (χ1v) is 9.67. The Kier molecular flexibility index (Phi) is 5.27. The number of hydrogen-bond donors (Lipinski definition) is 1. The quantitative estimate of drug-likeness (QED) is 0.497. The van der Waals surface area contributed by atoms with Crippen LogP contribution in [0.3, 0.4) is 0 Å². The molecule has 0 saturated carbocycles. The van der Waals surface area contributed by atoms with Gasteiger partial charge in [0.25, 0.3) is 0 Å². The second-order valence-corrected chi connectivity index (χ2v) is 7.17. The average Bonchev–Trinajstić information content (AvgIpc) is 3.16. The van der Waals surface area contributed by atoms with Gasteiger partial charge in [-0.3, -0.25) is 5.10 Å². The molecule has 0 aliphatic carbocycles. The zero-order valence-corrected chi connectivity index (χ0v) is 17.7. The van der Waals surface area contributed by atoms with E-state index in [1.807, 2.05) is 57.2 Å². The summed E-state index contributed by atoms with van der Waals surface area (Å²) in [4.78, 5) is 0. The number of hydrogen-bond acceptors (Lipinski definition) is 6. The van der Waals surface area contributed by atoms with Crippen molar-refractivity contribution in [1.29, 1.82) is 0 Å². The van der Waals surface area contributed by atoms with Gasteiger partial charge in [-0.1, -0.05) is 0 Å². The Balaban J connectivity index is 1.72. The standard InChI is InChI=1S/C23H24N4O3/c1-13-12-24-25-14(2)22(13)15(3)30-17-6-7-21-20(11-17)23(27-26-21)16-8-18(28-4)10-19(9-16)29-5/h6-12,15H,1-5H3,(H,26,27)/t15-/m0/s1. The number of aryl methyl sites for hydroxylation is 2. The molecule has 154 valence electrons. The van der Waals surface area contributed by atoms with E-state index in [4.69, 9.17) is 14.2 Å². The fourth-order valence-corrected chi connectivity index (χ4v) is 3.72. The maximum absolute atomic E-state index is 6.26. The minimum absolute atomic E-state index is 0.162. The largest absolute Gasteiger partial charge is 0.497 e. The summed E-state index contributed by atoms with van der Waals surface area (Å²) < 4.78 is 17.1. The number of ether oxygens (including phenoxy) is 3. The van der Waals surface area contributed by atoms with Crippen molar-refractivity contribution in [2.24, 2.45) is 0 Å². The Morgan fingerprint density at radius 3 is 2.33 bits per heavy atom. The van der Waals surface area contributed by atoms with E-state index in [1.165, 1.54) is 0 Å². The number of aromatic nitrogens is 4. The minimum Gasteiger partial charge on any atom is -0.497 e.